The highest BCUT2D eigenvalue weighted by molar-refractivity contribution is 5.72. The van der Waals surface area contributed by atoms with E-state index in [2.05, 4.69) is 17.4 Å². The highest BCUT2D eigenvalue weighted by Gasteiger charge is 2.21. The molecule has 18 heavy (non-hydrogen) atoms. The summed E-state index contributed by atoms with van der Waals surface area (Å²) in [6.45, 7) is 8.93. The van der Waals surface area contributed by atoms with Crippen LogP contribution in [0.3, 0.4) is 0 Å². The first kappa shape index (κ1) is 14.7. The zero-order valence-electron chi connectivity index (χ0n) is 11.7. The van der Waals surface area contributed by atoms with E-state index in [9.17, 15) is 4.79 Å². The summed E-state index contributed by atoms with van der Waals surface area (Å²) >= 11 is 0. The molecule has 0 fully saturated rings. The maximum absolute atomic E-state index is 11.7. The molecule has 0 aromatic heterocycles. The summed E-state index contributed by atoms with van der Waals surface area (Å²) in [6, 6.07) is 10.1. The van der Waals surface area contributed by atoms with Crippen molar-refractivity contribution >= 4 is 5.97 Å². The minimum atomic E-state index is -0.412. The molecule has 1 aromatic rings. The third-order valence-corrected chi connectivity index (χ3v) is 2.43. The molecule has 0 unspecified atom stereocenters. The van der Waals surface area contributed by atoms with Crippen LogP contribution in [0.25, 0.3) is 0 Å². The van der Waals surface area contributed by atoms with Gasteiger partial charge in [-0.1, -0.05) is 37.3 Å². The highest BCUT2D eigenvalue weighted by atomic mass is 16.6. The number of hydrogen-bond acceptors (Lipinski definition) is 3. The van der Waals surface area contributed by atoms with E-state index in [1.165, 1.54) is 5.56 Å². The number of carbonyl (C=O) groups excluding carboxylic acids is 1. The lowest BCUT2D eigenvalue weighted by Gasteiger charge is -2.22. The number of hydrogen-bond donors (Lipinski definition) is 1. The molecule has 0 aliphatic carbocycles. The van der Waals surface area contributed by atoms with Gasteiger partial charge in [-0.15, -0.1) is 0 Å². The zero-order valence-corrected chi connectivity index (χ0v) is 11.7. The molecule has 100 valence electrons. The highest BCUT2D eigenvalue weighted by Crippen LogP contribution is 2.10. The van der Waals surface area contributed by atoms with E-state index in [1.807, 2.05) is 45.9 Å². The minimum absolute atomic E-state index is 0.132. The van der Waals surface area contributed by atoms with E-state index in [1.54, 1.807) is 0 Å². The summed E-state index contributed by atoms with van der Waals surface area (Å²) in [7, 11) is 0. The van der Waals surface area contributed by atoms with Crippen molar-refractivity contribution in [2.45, 2.75) is 39.8 Å². The minimum Gasteiger partial charge on any atom is -0.460 e. The van der Waals surface area contributed by atoms with Gasteiger partial charge in [0.05, 0.1) is 5.92 Å². The maximum atomic E-state index is 11.7. The zero-order chi connectivity index (χ0) is 13.6. The van der Waals surface area contributed by atoms with Crippen LogP contribution in [0.5, 0.6) is 0 Å². The lowest BCUT2D eigenvalue weighted by molar-refractivity contribution is -0.159. The van der Waals surface area contributed by atoms with Gasteiger partial charge >= 0.3 is 5.97 Å². The number of rotatable bonds is 5. The largest absolute Gasteiger partial charge is 0.460 e. The number of carbonyl (C=O) groups is 1. The van der Waals surface area contributed by atoms with Crippen molar-refractivity contribution in [3.05, 3.63) is 35.9 Å². The van der Waals surface area contributed by atoms with Gasteiger partial charge in [0.2, 0.25) is 0 Å². The summed E-state index contributed by atoms with van der Waals surface area (Å²) in [6.07, 6.45) is 0. The van der Waals surface area contributed by atoms with E-state index < -0.39 is 5.60 Å². The molecule has 1 aromatic carbocycles. The average molecular weight is 249 g/mol. The van der Waals surface area contributed by atoms with Crippen molar-refractivity contribution in [1.82, 2.24) is 5.32 Å². The van der Waals surface area contributed by atoms with Crippen LogP contribution < -0.4 is 5.32 Å². The van der Waals surface area contributed by atoms with Gasteiger partial charge in [0.25, 0.3) is 0 Å². The van der Waals surface area contributed by atoms with Gasteiger partial charge in [-0.25, -0.2) is 0 Å². The molecular formula is C15H23NO2. The molecular weight excluding hydrogens is 226 g/mol. The number of ether oxygens (including phenoxy) is 1. The van der Waals surface area contributed by atoms with Crippen molar-refractivity contribution in [3.63, 3.8) is 0 Å². The Morgan fingerprint density at radius 3 is 2.44 bits per heavy atom. The molecule has 0 aliphatic rings. The van der Waals surface area contributed by atoms with Crippen molar-refractivity contribution in [1.29, 1.82) is 0 Å². The number of nitrogens with one attached hydrogen (secondary N) is 1. The van der Waals surface area contributed by atoms with Crippen LogP contribution in [-0.4, -0.2) is 18.1 Å². The van der Waals surface area contributed by atoms with Gasteiger partial charge in [-0.05, 0) is 26.3 Å². The molecule has 0 aliphatic heterocycles. The predicted octanol–water partition coefficient (Wildman–Crippen LogP) is 2.75. The Bertz CT molecular complexity index is 368. The molecule has 0 saturated carbocycles. The van der Waals surface area contributed by atoms with E-state index in [-0.39, 0.29) is 11.9 Å². The van der Waals surface area contributed by atoms with Crippen molar-refractivity contribution in [2.24, 2.45) is 5.92 Å². The van der Waals surface area contributed by atoms with Crippen LogP contribution in [0.1, 0.15) is 33.3 Å². The number of benzene rings is 1. The molecule has 0 heterocycles. The third kappa shape index (κ3) is 5.82. The molecule has 0 saturated heterocycles. The average Bonchev–Trinajstić information content (AvgIpc) is 2.28. The van der Waals surface area contributed by atoms with Crippen LogP contribution in [0.4, 0.5) is 0 Å². The quantitative estimate of drug-likeness (QED) is 0.815. The van der Waals surface area contributed by atoms with E-state index in [4.69, 9.17) is 4.74 Å². The monoisotopic (exact) mass is 249 g/mol. The molecule has 3 heteroatoms. The molecule has 3 nitrogen and oxygen atoms in total. The van der Waals surface area contributed by atoms with Gasteiger partial charge in [0, 0.05) is 13.1 Å². The van der Waals surface area contributed by atoms with Gasteiger partial charge < -0.3 is 10.1 Å². The predicted molar refractivity (Wildman–Crippen MR) is 73.2 cm³/mol. The summed E-state index contributed by atoms with van der Waals surface area (Å²) in [5.74, 6) is -0.281. The Morgan fingerprint density at radius 1 is 1.28 bits per heavy atom. The SMILES string of the molecule is C[C@H](CNCc1ccccc1)C(=O)OC(C)(C)C. The molecule has 0 radical (unpaired) electrons. The fourth-order valence-corrected chi connectivity index (χ4v) is 1.51. The molecule has 1 N–H and O–H groups in total. The van der Waals surface area contributed by atoms with Crippen molar-refractivity contribution < 1.29 is 9.53 Å². The Kier molecular flexibility index (Phi) is 5.35. The van der Waals surface area contributed by atoms with Gasteiger partial charge in [-0.3, -0.25) is 4.79 Å². The summed E-state index contributed by atoms with van der Waals surface area (Å²) in [4.78, 5) is 11.7. The van der Waals surface area contributed by atoms with Gasteiger partial charge in [0.1, 0.15) is 5.60 Å². The molecule has 0 amide bonds. The topological polar surface area (TPSA) is 38.3 Å². The Labute approximate surface area is 110 Å². The van der Waals surface area contributed by atoms with Crippen LogP contribution in [0.2, 0.25) is 0 Å². The van der Waals surface area contributed by atoms with Crippen LogP contribution in [-0.2, 0) is 16.1 Å². The molecule has 0 bridgehead atoms. The smallest absolute Gasteiger partial charge is 0.310 e. The fourth-order valence-electron chi connectivity index (χ4n) is 1.51. The molecule has 1 rings (SSSR count). The second-order valence-corrected chi connectivity index (χ2v) is 5.55. The Hall–Kier alpha value is -1.35. The Morgan fingerprint density at radius 2 is 1.89 bits per heavy atom. The van der Waals surface area contributed by atoms with Crippen LogP contribution >= 0.6 is 0 Å². The number of esters is 1. The van der Waals surface area contributed by atoms with Gasteiger partial charge in [0.15, 0.2) is 0 Å². The summed E-state index contributed by atoms with van der Waals surface area (Å²) < 4.78 is 5.32. The van der Waals surface area contributed by atoms with Crippen molar-refractivity contribution in [3.8, 4) is 0 Å². The summed E-state index contributed by atoms with van der Waals surface area (Å²) in [5, 5.41) is 3.27. The van der Waals surface area contributed by atoms with Gasteiger partial charge in [-0.2, -0.15) is 0 Å². The van der Waals surface area contributed by atoms with E-state index in [0.29, 0.717) is 6.54 Å². The normalized spacial score (nSPS) is 13.1. The first-order valence-corrected chi connectivity index (χ1v) is 6.36. The maximum Gasteiger partial charge on any atom is 0.310 e. The first-order valence-electron chi connectivity index (χ1n) is 6.36. The molecule has 0 spiro atoms. The van der Waals surface area contributed by atoms with Crippen LogP contribution in [0, 0.1) is 5.92 Å². The van der Waals surface area contributed by atoms with Crippen molar-refractivity contribution in [2.75, 3.05) is 6.54 Å². The second-order valence-electron chi connectivity index (χ2n) is 5.55. The summed E-state index contributed by atoms with van der Waals surface area (Å²) in [5.41, 5.74) is 0.805. The van der Waals surface area contributed by atoms with E-state index in [0.717, 1.165) is 6.54 Å². The third-order valence-electron chi connectivity index (χ3n) is 2.43. The Balaban J connectivity index is 2.29. The lowest BCUT2D eigenvalue weighted by Crippen LogP contribution is -2.32. The van der Waals surface area contributed by atoms with Crippen LogP contribution in [0.15, 0.2) is 30.3 Å². The fraction of sp³-hybridized carbons (Fsp3) is 0.533. The standard InChI is InChI=1S/C15H23NO2/c1-12(14(17)18-15(2,3)4)10-16-11-13-8-6-5-7-9-13/h5-9,12,16H,10-11H2,1-4H3/t12-/m1/s1. The second kappa shape index (κ2) is 6.55. The lowest BCUT2D eigenvalue weighted by atomic mass is 10.1. The first-order chi connectivity index (χ1) is 8.38. The van der Waals surface area contributed by atoms with E-state index >= 15 is 0 Å². The molecule has 1 atom stereocenters.